The lowest BCUT2D eigenvalue weighted by Crippen LogP contribution is -2.31. The topological polar surface area (TPSA) is 62.4 Å². The zero-order valence-electron chi connectivity index (χ0n) is 9.89. The summed E-state index contributed by atoms with van der Waals surface area (Å²) in [5, 5.41) is 13.3. The minimum atomic E-state index is -0.238. The van der Waals surface area contributed by atoms with Crippen LogP contribution >= 0.6 is 0 Å². The summed E-state index contributed by atoms with van der Waals surface area (Å²) in [7, 11) is 0. The van der Waals surface area contributed by atoms with Crippen molar-refractivity contribution in [3.8, 4) is 0 Å². The van der Waals surface area contributed by atoms with E-state index in [1.54, 1.807) is 6.92 Å². The molecular weight excluding hydrogens is 206 g/mol. The van der Waals surface area contributed by atoms with Gasteiger partial charge in [0.2, 0.25) is 5.89 Å². The molecule has 0 saturated carbocycles. The average molecular weight is 225 g/mol. The van der Waals surface area contributed by atoms with E-state index in [0.29, 0.717) is 11.9 Å². The molecule has 0 amide bonds. The second kappa shape index (κ2) is 4.93. The molecule has 2 heterocycles. The van der Waals surface area contributed by atoms with Crippen LogP contribution in [0.1, 0.15) is 37.9 Å². The van der Waals surface area contributed by atoms with Crippen molar-refractivity contribution in [1.29, 1.82) is 0 Å². The van der Waals surface area contributed by atoms with Gasteiger partial charge in [-0.05, 0) is 32.7 Å². The molecule has 0 aliphatic carbocycles. The van der Waals surface area contributed by atoms with Gasteiger partial charge in [-0.25, -0.2) is 0 Å². The van der Waals surface area contributed by atoms with Gasteiger partial charge in [-0.15, -0.1) is 0 Å². The Morgan fingerprint density at radius 2 is 2.44 bits per heavy atom. The normalized spacial score (nSPS) is 23.8. The van der Waals surface area contributed by atoms with Crippen LogP contribution in [0.5, 0.6) is 0 Å². The van der Waals surface area contributed by atoms with Crippen molar-refractivity contribution in [2.45, 2.75) is 51.8 Å². The molecule has 1 aromatic heterocycles. The summed E-state index contributed by atoms with van der Waals surface area (Å²) in [6, 6.07) is 0.457. The van der Waals surface area contributed by atoms with Crippen molar-refractivity contribution < 1.29 is 9.63 Å². The Labute approximate surface area is 95.4 Å². The van der Waals surface area contributed by atoms with Crippen LogP contribution in [-0.4, -0.2) is 38.8 Å². The van der Waals surface area contributed by atoms with Gasteiger partial charge >= 0.3 is 0 Å². The standard InChI is InChI=1S/C11H19N3O2/c1-8(15)6-10-4-3-5-14(10)7-11-12-9(2)16-13-11/h8,10,15H,3-7H2,1-2H3. The highest BCUT2D eigenvalue weighted by molar-refractivity contribution is 4.88. The van der Waals surface area contributed by atoms with E-state index in [2.05, 4.69) is 15.0 Å². The molecule has 1 saturated heterocycles. The van der Waals surface area contributed by atoms with Crippen LogP contribution in [0.4, 0.5) is 0 Å². The predicted molar refractivity (Wildman–Crippen MR) is 58.8 cm³/mol. The van der Waals surface area contributed by atoms with E-state index in [0.717, 1.165) is 31.8 Å². The second-order valence-electron chi connectivity index (χ2n) is 4.58. The number of hydrogen-bond donors (Lipinski definition) is 1. The van der Waals surface area contributed by atoms with E-state index in [9.17, 15) is 5.11 Å². The van der Waals surface area contributed by atoms with Gasteiger partial charge in [-0.3, -0.25) is 4.90 Å². The summed E-state index contributed by atoms with van der Waals surface area (Å²) in [5.74, 6) is 1.36. The van der Waals surface area contributed by atoms with Crippen molar-refractivity contribution >= 4 is 0 Å². The Morgan fingerprint density at radius 1 is 1.62 bits per heavy atom. The lowest BCUT2D eigenvalue weighted by molar-refractivity contribution is 0.129. The van der Waals surface area contributed by atoms with E-state index in [1.165, 1.54) is 6.42 Å². The van der Waals surface area contributed by atoms with Crippen LogP contribution < -0.4 is 0 Å². The molecule has 5 heteroatoms. The van der Waals surface area contributed by atoms with Gasteiger partial charge < -0.3 is 9.63 Å². The summed E-state index contributed by atoms with van der Waals surface area (Å²) in [6.07, 6.45) is 2.94. The first-order valence-corrected chi connectivity index (χ1v) is 5.86. The number of rotatable bonds is 4. The quantitative estimate of drug-likeness (QED) is 0.831. The second-order valence-corrected chi connectivity index (χ2v) is 4.58. The third-order valence-corrected chi connectivity index (χ3v) is 3.03. The summed E-state index contributed by atoms with van der Waals surface area (Å²) in [5.41, 5.74) is 0. The molecule has 16 heavy (non-hydrogen) atoms. The van der Waals surface area contributed by atoms with Crippen molar-refractivity contribution in [3.05, 3.63) is 11.7 Å². The van der Waals surface area contributed by atoms with Crippen LogP contribution in [0, 0.1) is 6.92 Å². The minimum Gasteiger partial charge on any atom is -0.393 e. The average Bonchev–Trinajstić information content (AvgIpc) is 2.77. The Bertz CT molecular complexity index is 338. The van der Waals surface area contributed by atoms with Gasteiger partial charge in [0.25, 0.3) is 0 Å². The summed E-state index contributed by atoms with van der Waals surface area (Å²) in [6.45, 7) is 5.43. The Hall–Kier alpha value is -0.940. The van der Waals surface area contributed by atoms with Gasteiger partial charge in [0.15, 0.2) is 5.82 Å². The van der Waals surface area contributed by atoms with Crippen molar-refractivity contribution in [2.24, 2.45) is 0 Å². The number of aliphatic hydroxyl groups is 1. The Kier molecular flexibility index (Phi) is 3.56. The van der Waals surface area contributed by atoms with E-state index >= 15 is 0 Å². The molecule has 1 aliphatic rings. The van der Waals surface area contributed by atoms with Crippen molar-refractivity contribution in [1.82, 2.24) is 15.0 Å². The SMILES string of the molecule is Cc1nc(CN2CCCC2CC(C)O)no1. The smallest absolute Gasteiger partial charge is 0.223 e. The van der Waals surface area contributed by atoms with Crippen molar-refractivity contribution in [3.63, 3.8) is 0 Å². The van der Waals surface area contributed by atoms with Gasteiger partial charge in [-0.1, -0.05) is 5.16 Å². The zero-order valence-corrected chi connectivity index (χ0v) is 9.89. The van der Waals surface area contributed by atoms with Gasteiger partial charge in [-0.2, -0.15) is 4.98 Å². The molecular formula is C11H19N3O2. The molecule has 5 nitrogen and oxygen atoms in total. The first-order chi connectivity index (χ1) is 7.65. The number of aliphatic hydroxyl groups excluding tert-OH is 1. The third kappa shape index (κ3) is 2.80. The first-order valence-electron chi connectivity index (χ1n) is 5.86. The Balaban J connectivity index is 1.93. The van der Waals surface area contributed by atoms with Crippen molar-refractivity contribution in [2.75, 3.05) is 6.54 Å². The van der Waals surface area contributed by atoms with Crippen LogP contribution in [-0.2, 0) is 6.54 Å². The molecule has 0 spiro atoms. The van der Waals surface area contributed by atoms with E-state index < -0.39 is 0 Å². The van der Waals surface area contributed by atoms with Crippen LogP contribution in [0.25, 0.3) is 0 Å². The maximum absolute atomic E-state index is 9.42. The fraction of sp³-hybridized carbons (Fsp3) is 0.818. The Morgan fingerprint density at radius 3 is 3.06 bits per heavy atom. The number of hydrogen-bond acceptors (Lipinski definition) is 5. The zero-order chi connectivity index (χ0) is 11.5. The molecule has 1 fully saturated rings. The largest absolute Gasteiger partial charge is 0.393 e. The van der Waals surface area contributed by atoms with E-state index in [-0.39, 0.29) is 6.10 Å². The van der Waals surface area contributed by atoms with Crippen LogP contribution in [0.3, 0.4) is 0 Å². The van der Waals surface area contributed by atoms with Gasteiger partial charge in [0.1, 0.15) is 0 Å². The summed E-state index contributed by atoms with van der Waals surface area (Å²) < 4.78 is 4.95. The van der Waals surface area contributed by atoms with Crippen LogP contribution in [0.15, 0.2) is 4.52 Å². The molecule has 2 rings (SSSR count). The molecule has 1 aromatic rings. The summed E-state index contributed by atoms with van der Waals surface area (Å²) >= 11 is 0. The number of aryl methyl sites for hydroxylation is 1. The third-order valence-electron chi connectivity index (χ3n) is 3.03. The van der Waals surface area contributed by atoms with Gasteiger partial charge in [0, 0.05) is 13.0 Å². The minimum absolute atomic E-state index is 0.238. The molecule has 2 atom stereocenters. The number of nitrogens with zero attached hydrogens (tertiary/aromatic N) is 3. The predicted octanol–water partition coefficient (Wildman–Crippen LogP) is 1.11. The van der Waals surface area contributed by atoms with Crippen LogP contribution in [0.2, 0.25) is 0 Å². The molecule has 0 bridgehead atoms. The highest BCUT2D eigenvalue weighted by Gasteiger charge is 2.26. The fourth-order valence-electron chi connectivity index (χ4n) is 2.35. The molecule has 2 unspecified atom stereocenters. The number of likely N-dealkylation sites (tertiary alicyclic amines) is 1. The number of aromatic nitrogens is 2. The highest BCUT2D eigenvalue weighted by Crippen LogP contribution is 2.22. The maximum atomic E-state index is 9.42. The lowest BCUT2D eigenvalue weighted by Gasteiger charge is -2.23. The fourth-order valence-corrected chi connectivity index (χ4v) is 2.35. The summed E-state index contributed by atoms with van der Waals surface area (Å²) in [4.78, 5) is 6.54. The molecule has 90 valence electrons. The molecule has 0 aromatic carbocycles. The monoisotopic (exact) mass is 225 g/mol. The lowest BCUT2D eigenvalue weighted by atomic mass is 10.1. The van der Waals surface area contributed by atoms with E-state index in [4.69, 9.17) is 4.52 Å². The highest BCUT2D eigenvalue weighted by atomic mass is 16.5. The molecule has 1 aliphatic heterocycles. The first kappa shape index (κ1) is 11.5. The molecule has 1 N–H and O–H groups in total. The van der Waals surface area contributed by atoms with Gasteiger partial charge in [0.05, 0.1) is 12.6 Å². The molecule has 0 radical (unpaired) electrons. The maximum Gasteiger partial charge on any atom is 0.223 e. The van der Waals surface area contributed by atoms with E-state index in [1.807, 2.05) is 6.92 Å².